The van der Waals surface area contributed by atoms with Crippen LogP contribution in [-0.2, 0) is 16.1 Å². The van der Waals surface area contributed by atoms with E-state index in [-0.39, 0.29) is 30.3 Å². The van der Waals surface area contributed by atoms with E-state index < -0.39 is 7.72 Å². The van der Waals surface area contributed by atoms with E-state index in [4.69, 9.17) is 16.3 Å². The van der Waals surface area contributed by atoms with Gasteiger partial charge in [-0.2, -0.15) is 0 Å². The Morgan fingerprint density at radius 3 is 2.46 bits per heavy atom. The number of carbonyl (C=O) groups excluding carboxylic acids is 1. The quantitative estimate of drug-likeness (QED) is 0.610. The Bertz CT molecular complexity index is 530. The first kappa shape index (κ1) is 19.8. The molecule has 0 spiro atoms. The van der Waals surface area contributed by atoms with Crippen molar-refractivity contribution in [2.75, 3.05) is 19.8 Å². The summed E-state index contributed by atoms with van der Waals surface area (Å²) in [5.41, 5.74) is 0.864. The number of hydrogen-bond acceptors (Lipinski definition) is 5. The average Bonchev–Trinajstić information content (AvgIpc) is 2.56. The van der Waals surface area contributed by atoms with Crippen LogP contribution in [0, 0.1) is 0 Å². The van der Waals surface area contributed by atoms with E-state index in [0.717, 1.165) is 18.4 Å². The molecule has 0 aromatic heterocycles. The van der Waals surface area contributed by atoms with Gasteiger partial charge in [0.05, 0.1) is 12.6 Å². The number of benzene rings is 1. The van der Waals surface area contributed by atoms with Crippen LogP contribution in [0.2, 0.25) is 5.02 Å². The third-order valence-electron chi connectivity index (χ3n) is 4.54. The van der Waals surface area contributed by atoms with Crippen LogP contribution in [0.15, 0.2) is 24.3 Å². The zero-order valence-corrected chi connectivity index (χ0v) is 15.6. The molecule has 0 aliphatic heterocycles. The van der Waals surface area contributed by atoms with Crippen LogP contribution >= 0.6 is 19.3 Å². The van der Waals surface area contributed by atoms with Gasteiger partial charge in [-0.3, -0.25) is 4.79 Å². The molecule has 0 heterocycles. The molecule has 1 saturated carbocycles. The Morgan fingerprint density at radius 2 is 1.88 bits per heavy atom. The molecule has 0 radical (unpaired) electrons. The number of nitrogens with one attached hydrogen (secondary N) is 1. The number of methoxy groups -OCH3 is 1. The normalized spacial score (nSPS) is 21.7. The summed E-state index contributed by atoms with van der Waals surface area (Å²) < 4.78 is 5.30. The Hall–Kier alpha value is -0.550. The Morgan fingerprint density at radius 1 is 1.25 bits per heavy atom. The molecule has 1 aromatic carbocycles. The smallest absolute Gasteiger partial charge is 0.278 e. The summed E-state index contributed by atoms with van der Waals surface area (Å²) >= 11 is 5.83. The van der Waals surface area contributed by atoms with E-state index in [1.165, 1.54) is 0 Å². The first-order valence-corrected chi connectivity index (χ1v) is 10.6. The largest absolute Gasteiger partial charge is 0.381 e. The Kier molecular flexibility index (Phi) is 7.60. The lowest BCUT2D eigenvalue weighted by molar-refractivity contribution is -0.116. The van der Waals surface area contributed by atoms with Crippen LogP contribution in [0.4, 0.5) is 0 Å². The number of carbonyl (C=O) groups is 1. The summed E-state index contributed by atoms with van der Waals surface area (Å²) in [6.45, 7) is 0.684. The van der Waals surface area contributed by atoms with Crippen molar-refractivity contribution in [3.8, 4) is 0 Å². The van der Waals surface area contributed by atoms with Crippen LogP contribution in [0.5, 0.6) is 0 Å². The van der Waals surface area contributed by atoms with Crippen molar-refractivity contribution in [3.05, 3.63) is 34.9 Å². The minimum atomic E-state index is -3.19. The summed E-state index contributed by atoms with van der Waals surface area (Å²) in [7, 11) is -1.51. The molecule has 0 amide bonds. The van der Waals surface area contributed by atoms with Gasteiger partial charge in [0.2, 0.25) is 0 Å². The van der Waals surface area contributed by atoms with Crippen molar-refractivity contribution in [2.45, 2.75) is 44.0 Å². The van der Waals surface area contributed by atoms with Crippen LogP contribution in [0.25, 0.3) is 0 Å². The fraction of sp³-hybridized carbons (Fsp3) is 0.588. The van der Waals surface area contributed by atoms with Gasteiger partial charge < -0.3 is 10.1 Å². The van der Waals surface area contributed by atoms with Gasteiger partial charge in [0.25, 0.3) is 7.72 Å². The first-order chi connectivity index (χ1) is 11.4. The SMILES string of the molecule is COC1CCC([P+](O)(O)CC(=O)CNCc2ccc(Cl)cc2)CC1. The maximum Gasteiger partial charge on any atom is 0.278 e. The van der Waals surface area contributed by atoms with Gasteiger partial charge in [0.15, 0.2) is 11.9 Å². The molecule has 1 aliphatic carbocycles. The lowest BCUT2D eigenvalue weighted by atomic mass is 9.97. The summed E-state index contributed by atoms with van der Waals surface area (Å²) in [5, 5.41) is 3.72. The molecule has 2 rings (SSSR count). The van der Waals surface area contributed by atoms with Crippen LogP contribution < -0.4 is 5.32 Å². The van der Waals surface area contributed by atoms with Crippen molar-refractivity contribution in [1.82, 2.24) is 5.32 Å². The molecule has 1 aromatic rings. The standard InChI is InChI=1S/C17H26ClNO4P/c1-23-16-6-8-17(9-7-16)24(21,22)12-15(20)11-19-10-13-2-4-14(18)5-3-13/h2-5,16-17,19,21-22H,6-12H2,1H3/q+1. The van der Waals surface area contributed by atoms with Crippen LogP contribution in [0.3, 0.4) is 0 Å². The van der Waals surface area contributed by atoms with Crippen molar-refractivity contribution in [2.24, 2.45) is 0 Å². The number of Topliss-reactive ketones (excluding diaryl/α,β-unsaturated/α-hetero) is 1. The van der Waals surface area contributed by atoms with Crippen molar-refractivity contribution in [3.63, 3.8) is 0 Å². The molecule has 1 fully saturated rings. The molecule has 0 bridgehead atoms. The van der Waals surface area contributed by atoms with Crippen LogP contribution in [-0.4, -0.2) is 47.1 Å². The molecule has 7 heteroatoms. The molecule has 0 saturated heterocycles. The molecule has 0 unspecified atom stereocenters. The monoisotopic (exact) mass is 374 g/mol. The number of halogens is 1. The molecule has 0 atom stereocenters. The van der Waals surface area contributed by atoms with E-state index in [2.05, 4.69) is 5.32 Å². The molecule has 5 nitrogen and oxygen atoms in total. The third-order valence-corrected chi connectivity index (χ3v) is 7.29. The number of rotatable bonds is 8. The van der Waals surface area contributed by atoms with E-state index >= 15 is 0 Å². The second-order valence-electron chi connectivity index (χ2n) is 6.38. The zero-order chi connectivity index (χ0) is 17.6. The summed E-state index contributed by atoms with van der Waals surface area (Å²) in [6, 6.07) is 7.39. The van der Waals surface area contributed by atoms with Gasteiger partial charge in [-0.25, -0.2) is 9.79 Å². The Balaban J connectivity index is 1.73. The predicted octanol–water partition coefficient (Wildman–Crippen LogP) is 2.79. The highest BCUT2D eigenvalue weighted by Crippen LogP contribution is 2.59. The second kappa shape index (κ2) is 9.23. The average molecular weight is 375 g/mol. The fourth-order valence-corrected chi connectivity index (χ4v) is 5.23. The molecular formula is C17H26ClNO4P+. The van der Waals surface area contributed by atoms with E-state index in [1.807, 2.05) is 12.1 Å². The van der Waals surface area contributed by atoms with Gasteiger partial charge in [-0.1, -0.05) is 23.7 Å². The van der Waals surface area contributed by atoms with E-state index in [9.17, 15) is 14.6 Å². The van der Waals surface area contributed by atoms with Crippen molar-refractivity contribution in [1.29, 1.82) is 0 Å². The highest BCUT2D eigenvalue weighted by Gasteiger charge is 2.46. The second-order valence-corrected chi connectivity index (χ2v) is 9.43. The number of ketones is 1. The maximum absolute atomic E-state index is 12.1. The zero-order valence-electron chi connectivity index (χ0n) is 13.9. The number of ether oxygens (including phenoxy) is 1. The molecular weight excluding hydrogens is 349 g/mol. The molecule has 134 valence electrons. The summed E-state index contributed by atoms with van der Waals surface area (Å²) in [5.74, 6) is -0.156. The first-order valence-electron chi connectivity index (χ1n) is 8.23. The van der Waals surface area contributed by atoms with E-state index in [0.29, 0.717) is 24.4 Å². The maximum atomic E-state index is 12.1. The van der Waals surface area contributed by atoms with Gasteiger partial charge >= 0.3 is 0 Å². The lowest BCUT2D eigenvalue weighted by Crippen LogP contribution is -2.31. The topological polar surface area (TPSA) is 78.8 Å². The van der Waals surface area contributed by atoms with Crippen molar-refractivity contribution < 1.29 is 19.3 Å². The fourth-order valence-electron chi connectivity index (χ4n) is 3.09. The molecule has 3 N–H and O–H groups in total. The highest BCUT2D eigenvalue weighted by molar-refractivity contribution is 7.66. The third kappa shape index (κ3) is 6.07. The lowest BCUT2D eigenvalue weighted by Gasteiger charge is -2.29. The molecule has 1 aliphatic rings. The van der Waals surface area contributed by atoms with Crippen molar-refractivity contribution >= 4 is 25.1 Å². The highest BCUT2D eigenvalue weighted by atomic mass is 35.5. The summed E-state index contributed by atoms with van der Waals surface area (Å²) in [4.78, 5) is 32.8. The van der Waals surface area contributed by atoms with Gasteiger partial charge in [-0.05, 0) is 43.4 Å². The van der Waals surface area contributed by atoms with E-state index in [1.54, 1.807) is 19.2 Å². The Labute approximate surface area is 148 Å². The minimum absolute atomic E-state index is 0.136. The van der Waals surface area contributed by atoms with Crippen LogP contribution in [0.1, 0.15) is 31.2 Å². The minimum Gasteiger partial charge on any atom is -0.381 e. The number of hydrogen-bond donors (Lipinski definition) is 3. The van der Waals surface area contributed by atoms with Gasteiger partial charge in [0.1, 0.15) is 5.66 Å². The summed E-state index contributed by atoms with van der Waals surface area (Å²) in [6.07, 6.45) is 3.15. The van der Waals surface area contributed by atoms with Gasteiger partial charge in [-0.15, -0.1) is 0 Å². The molecule has 24 heavy (non-hydrogen) atoms. The van der Waals surface area contributed by atoms with Gasteiger partial charge in [0, 0.05) is 18.7 Å². The predicted molar refractivity (Wildman–Crippen MR) is 97.4 cm³/mol.